The second-order valence-corrected chi connectivity index (χ2v) is 5.66. The highest BCUT2D eigenvalue weighted by Crippen LogP contribution is 2.22. The van der Waals surface area contributed by atoms with Crippen molar-refractivity contribution in [2.45, 2.75) is 38.6 Å². The Morgan fingerprint density at radius 3 is 2.28 bits per heavy atom. The molecule has 0 spiro atoms. The van der Waals surface area contributed by atoms with Gasteiger partial charge in [0.25, 0.3) is 5.91 Å². The predicted octanol–water partition coefficient (Wildman–Crippen LogP) is 0.445. The number of carbonyl (C=O) groups excluding carboxylic acids is 1. The molecule has 0 bridgehead atoms. The van der Waals surface area contributed by atoms with E-state index in [1.807, 2.05) is 20.8 Å². The SMILES string of the molecule is CC(CO)(CO)NC(=O)c1cc(C(C)(C)C)on1. The normalized spacial score (nSPS) is 12.6. The summed E-state index contributed by atoms with van der Waals surface area (Å²) < 4.78 is 5.10. The maximum atomic E-state index is 11.9. The Bertz CT molecular complexity index is 416. The minimum atomic E-state index is -1.07. The highest BCUT2D eigenvalue weighted by atomic mass is 16.5. The Morgan fingerprint density at radius 1 is 1.33 bits per heavy atom. The van der Waals surface area contributed by atoms with Crippen molar-refractivity contribution in [3.8, 4) is 0 Å². The first-order valence-electron chi connectivity index (χ1n) is 5.73. The molecule has 0 fully saturated rings. The lowest BCUT2D eigenvalue weighted by atomic mass is 9.93. The lowest BCUT2D eigenvalue weighted by molar-refractivity contribution is 0.0716. The van der Waals surface area contributed by atoms with E-state index in [0.717, 1.165) is 0 Å². The average Bonchev–Trinajstić information content (AvgIpc) is 2.77. The second-order valence-electron chi connectivity index (χ2n) is 5.66. The van der Waals surface area contributed by atoms with Crippen molar-refractivity contribution in [2.24, 2.45) is 0 Å². The minimum absolute atomic E-state index is 0.132. The third kappa shape index (κ3) is 3.30. The monoisotopic (exact) mass is 256 g/mol. The van der Waals surface area contributed by atoms with E-state index < -0.39 is 11.4 Å². The fourth-order valence-electron chi connectivity index (χ4n) is 1.20. The molecule has 1 amide bonds. The quantitative estimate of drug-likeness (QED) is 0.726. The number of aromatic nitrogens is 1. The third-order valence-electron chi connectivity index (χ3n) is 2.60. The van der Waals surface area contributed by atoms with Crippen molar-refractivity contribution >= 4 is 5.91 Å². The Labute approximate surface area is 106 Å². The topological polar surface area (TPSA) is 95.6 Å². The Morgan fingerprint density at radius 2 is 1.89 bits per heavy atom. The van der Waals surface area contributed by atoms with Gasteiger partial charge in [0.2, 0.25) is 0 Å². The molecule has 6 nitrogen and oxygen atoms in total. The highest BCUT2D eigenvalue weighted by molar-refractivity contribution is 5.92. The zero-order valence-corrected chi connectivity index (χ0v) is 11.1. The van der Waals surface area contributed by atoms with Crippen molar-refractivity contribution < 1.29 is 19.5 Å². The summed E-state index contributed by atoms with van der Waals surface area (Å²) >= 11 is 0. The van der Waals surface area contributed by atoms with Gasteiger partial charge in [0.1, 0.15) is 5.76 Å². The first-order chi connectivity index (χ1) is 8.22. The van der Waals surface area contributed by atoms with Crippen molar-refractivity contribution in [1.82, 2.24) is 10.5 Å². The molecular formula is C12H20N2O4. The van der Waals surface area contributed by atoms with Crippen LogP contribution in [0.5, 0.6) is 0 Å². The summed E-state index contributed by atoms with van der Waals surface area (Å²) in [5.74, 6) is 0.113. The number of carbonyl (C=O) groups is 1. The standard InChI is InChI=1S/C12H20N2O4/c1-11(2,3)9-5-8(14-18-9)10(17)13-12(4,6-15)7-16/h5,15-16H,6-7H2,1-4H3,(H,13,17). The Balaban J connectivity index is 2.83. The molecule has 1 aromatic heterocycles. The van der Waals surface area contributed by atoms with Crippen LogP contribution in [0.25, 0.3) is 0 Å². The maximum Gasteiger partial charge on any atom is 0.274 e. The first-order valence-corrected chi connectivity index (χ1v) is 5.73. The molecule has 3 N–H and O–H groups in total. The Hall–Kier alpha value is -1.40. The molecule has 6 heteroatoms. The molecule has 1 heterocycles. The average molecular weight is 256 g/mol. The molecule has 0 radical (unpaired) electrons. The van der Waals surface area contributed by atoms with E-state index in [4.69, 9.17) is 14.7 Å². The van der Waals surface area contributed by atoms with Crippen LogP contribution in [-0.2, 0) is 5.41 Å². The van der Waals surface area contributed by atoms with Gasteiger partial charge in [0.15, 0.2) is 5.69 Å². The molecule has 0 aromatic carbocycles. The van der Waals surface area contributed by atoms with E-state index in [2.05, 4.69) is 10.5 Å². The third-order valence-corrected chi connectivity index (χ3v) is 2.60. The summed E-state index contributed by atoms with van der Waals surface area (Å²) in [5, 5.41) is 24.4. The summed E-state index contributed by atoms with van der Waals surface area (Å²) in [6.45, 7) is 6.65. The van der Waals surface area contributed by atoms with Gasteiger partial charge >= 0.3 is 0 Å². The number of aliphatic hydroxyl groups excluding tert-OH is 2. The van der Waals surface area contributed by atoms with E-state index in [1.54, 1.807) is 6.07 Å². The molecule has 1 aromatic rings. The summed E-state index contributed by atoms with van der Waals surface area (Å²) in [6.07, 6.45) is 0. The fourth-order valence-corrected chi connectivity index (χ4v) is 1.20. The van der Waals surface area contributed by atoms with E-state index in [1.165, 1.54) is 6.92 Å². The molecule has 0 aliphatic rings. The minimum Gasteiger partial charge on any atom is -0.394 e. The van der Waals surface area contributed by atoms with Gasteiger partial charge < -0.3 is 20.1 Å². The van der Waals surface area contributed by atoms with Gasteiger partial charge in [0, 0.05) is 11.5 Å². The van der Waals surface area contributed by atoms with Crippen LogP contribution < -0.4 is 5.32 Å². The van der Waals surface area contributed by atoms with Gasteiger partial charge in [-0.25, -0.2) is 0 Å². The second kappa shape index (κ2) is 5.07. The number of nitrogens with zero attached hydrogens (tertiary/aromatic N) is 1. The lowest BCUT2D eigenvalue weighted by Gasteiger charge is -2.25. The van der Waals surface area contributed by atoms with Gasteiger partial charge in [-0.05, 0) is 6.92 Å². The number of aliphatic hydroxyl groups is 2. The summed E-state index contributed by atoms with van der Waals surface area (Å²) in [5.41, 5.74) is -1.17. The molecule has 102 valence electrons. The molecule has 18 heavy (non-hydrogen) atoms. The largest absolute Gasteiger partial charge is 0.394 e. The van der Waals surface area contributed by atoms with Gasteiger partial charge in [0.05, 0.1) is 18.8 Å². The van der Waals surface area contributed by atoms with Crippen LogP contribution >= 0.6 is 0 Å². The van der Waals surface area contributed by atoms with E-state index in [0.29, 0.717) is 5.76 Å². The smallest absolute Gasteiger partial charge is 0.274 e. The maximum absolute atomic E-state index is 11.9. The van der Waals surface area contributed by atoms with Gasteiger partial charge in [-0.1, -0.05) is 25.9 Å². The molecule has 0 saturated heterocycles. The van der Waals surface area contributed by atoms with E-state index in [9.17, 15) is 4.79 Å². The van der Waals surface area contributed by atoms with Gasteiger partial charge in [-0.3, -0.25) is 4.79 Å². The number of rotatable bonds is 4. The molecule has 0 atom stereocenters. The lowest BCUT2D eigenvalue weighted by Crippen LogP contribution is -2.51. The van der Waals surface area contributed by atoms with Crippen molar-refractivity contribution in [1.29, 1.82) is 0 Å². The van der Waals surface area contributed by atoms with Crippen LogP contribution in [0.2, 0.25) is 0 Å². The van der Waals surface area contributed by atoms with E-state index in [-0.39, 0.29) is 24.3 Å². The number of nitrogens with one attached hydrogen (secondary N) is 1. The Kier molecular flexibility index (Phi) is 4.13. The van der Waals surface area contributed by atoms with Crippen LogP contribution in [0.15, 0.2) is 10.6 Å². The number of hydrogen-bond donors (Lipinski definition) is 3. The number of hydrogen-bond acceptors (Lipinski definition) is 5. The van der Waals surface area contributed by atoms with Crippen LogP contribution in [0.3, 0.4) is 0 Å². The zero-order chi connectivity index (χ0) is 14.0. The molecule has 0 unspecified atom stereocenters. The van der Waals surface area contributed by atoms with Crippen LogP contribution in [0, 0.1) is 0 Å². The molecule has 1 rings (SSSR count). The van der Waals surface area contributed by atoms with Crippen molar-refractivity contribution in [3.63, 3.8) is 0 Å². The molecule has 0 aliphatic heterocycles. The number of amides is 1. The summed E-state index contributed by atoms with van der Waals surface area (Å²) in [6, 6.07) is 1.56. The van der Waals surface area contributed by atoms with Gasteiger partial charge in [-0.15, -0.1) is 0 Å². The van der Waals surface area contributed by atoms with Crippen LogP contribution in [0.1, 0.15) is 43.9 Å². The molecule has 0 aliphatic carbocycles. The first kappa shape index (κ1) is 14.7. The summed E-state index contributed by atoms with van der Waals surface area (Å²) in [4.78, 5) is 11.9. The zero-order valence-electron chi connectivity index (χ0n) is 11.1. The molecule has 0 saturated carbocycles. The summed E-state index contributed by atoms with van der Waals surface area (Å²) in [7, 11) is 0. The van der Waals surface area contributed by atoms with Crippen molar-refractivity contribution in [3.05, 3.63) is 17.5 Å². The highest BCUT2D eigenvalue weighted by Gasteiger charge is 2.28. The fraction of sp³-hybridized carbons (Fsp3) is 0.667. The van der Waals surface area contributed by atoms with Gasteiger partial charge in [-0.2, -0.15) is 0 Å². The molecular weight excluding hydrogens is 236 g/mol. The van der Waals surface area contributed by atoms with Crippen molar-refractivity contribution in [2.75, 3.05) is 13.2 Å². The van der Waals surface area contributed by atoms with Crippen LogP contribution in [0.4, 0.5) is 0 Å². The van der Waals surface area contributed by atoms with Crippen LogP contribution in [-0.4, -0.2) is 40.0 Å². The van der Waals surface area contributed by atoms with E-state index >= 15 is 0 Å². The predicted molar refractivity (Wildman–Crippen MR) is 65.2 cm³/mol.